The summed E-state index contributed by atoms with van der Waals surface area (Å²) in [6.45, 7) is 1.83. The number of hydrogen-bond acceptors (Lipinski definition) is 3. The number of rotatable bonds is 5. The maximum absolute atomic E-state index is 11.1. The van der Waals surface area contributed by atoms with E-state index in [-0.39, 0.29) is 11.5 Å². The summed E-state index contributed by atoms with van der Waals surface area (Å²) < 4.78 is 0.686. The molecule has 0 fully saturated rings. The monoisotopic (exact) mass is 285 g/mol. The number of Topliss-reactive ketones (excluding diaryl/α,β-unsaturated/α-hetero) is 1. The van der Waals surface area contributed by atoms with E-state index in [0.717, 1.165) is 5.56 Å². The van der Waals surface area contributed by atoms with Crippen molar-refractivity contribution in [3.63, 3.8) is 0 Å². The molecule has 0 unspecified atom stereocenters. The molecule has 0 bridgehead atoms. The van der Waals surface area contributed by atoms with Gasteiger partial charge in [-0.1, -0.05) is 28.9 Å². The van der Waals surface area contributed by atoms with E-state index in [4.69, 9.17) is 0 Å². The van der Waals surface area contributed by atoms with E-state index in [1.807, 2.05) is 6.92 Å². The van der Waals surface area contributed by atoms with Crippen LogP contribution in [0, 0.1) is 10.1 Å². The molecular weight excluding hydrogens is 274 g/mol. The van der Waals surface area contributed by atoms with Gasteiger partial charge in [0.25, 0.3) is 5.69 Å². The van der Waals surface area contributed by atoms with E-state index in [0.29, 0.717) is 23.7 Å². The Hall–Kier alpha value is -1.23. The summed E-state index contributed by atoms with van der Waals surface area (Å²) in [6, 6.07) is 4.60. The molecule has 16 heavy (non-hydrogen) atoms. The van der Waals surface area contributed by atoms with Crippen LogP contribution in [0.3, 0.4) is 0 Å². The fourth-order valence-electron chi connectivity index (χ4n) is 1.30. The Morgan fingerprint density at radius 1 is 1.50 bits per heavy atom. The normalized spacial score (nSPS) is 10.1. The van der Waals surface area contributed by atoms with E-state index in [9.17, 15) is 14.9 Å². The first-order valence-electron chi connectivity index (χ1n) is 4.99. The predicted molar refractivity (Wildman–Crippen MR) is 64.4 cm³/mol. The van der Waals surface area contributed by atoms with Crippen LogP contribution in [0.2, 0.25) is 0 Å². The summed E-state index contributed by atoms with van der Waals surface area (Å²) in [7, 11) is 0. The van der Waals surface area contributed by atoms with Crippen LogP contribution in [-0.4, -0.2) is 10.7 Å². The minimum Gasteiger partial charge on any atom is -0.300 e. The van der Waals surface area contributed by atoms with Gasteiger partial charge in [-0.15, -0.1) is 0 Å². The predicted octanol–water partition coefficient (Wildman–Crippen LogP) is 3.27. The topological polar surface area (TPSA) is 60.2 Å². The lowest BCUT2D eigenvalue weighted by Crippen LogP contribution is -1.98. The van der Waals surface area contributed by atoms with Gasteiger partial charge in [0, 0.05) is 29.4 Å². The third-order valence-corrected chi connectivity index (χ3v) is 3.05. The Kier molecular flexibility index (Phi) is 4.61. The number of aryl methyl sites for hydroxylation is 1. The summed E-state index contributed by atoms with van der Waals surface area (Å²) in [4.78, 5) is 21.2. The fraction of sp³-hybridized carbons (Fsp3) is 0.364. The quantitative estimate of drug-likeness (QED) is 0.616. The third kappa shape index (κ3) is 3.41. The molecule has 1 rings (SSSR count). The van der Waals surface area contributed by atoms with Crippen LogP contribution in [0.25, 0.3) is 0 Å². The van der Waals surface area contributed by atoms with E-state index in [1.54, 1.807) is 6.07 Å². The van der Waals surface area contributed by atoms with Gasteiger partial charge in [0.15, 0.2) is 0 Å². The zero-order chi connectivity index (χ0) is 12.1. The SMILES string of the molecule is CCC(=O)CCc1ccc([N+](=O)[O-])cc1Br. The first-order chi connectivity index (χ1) is 7.54. The average Bonchev–Trinajstić information content (AvgIpc) is 2.26. The van der Waals surface area contributed by atoms with Crippen molar-refractivity contribution in [2.75, 3.05) is 0 Å². The van der Waals surface area contributed by atoms with Crippen molar-refractivity contribution in [2.45, 2.75) is 26.2 Å². The van der Waals surface area contributed by atoms with Crippen LogP contribution >= 0.6 is 15.9 Å². The van der Waals surface area contributed by atoms with Gasteiger partial charge < -0.3 is 0 Å². The number of nitrogens with zero attached hydrogens (tertiary/aromatic N) is 1. The van der Waals surface area contributed by atoms with Gasteiger partial charge in [0.2, 0.25) is 0 Å². The second-order valence-electron chi connectivity index (χ2n) is 3.43. The van der Waals surface area contributed by atoms with Crippen LogP contribution in [0.5, 0.6) is 0 Å². The molecule has 0 saturated carbocycles. The molecule has 0 spiro atoms. The smallest absolute Gasteiger partial charge is 0.270 e. The summed E-state index contributed by atoms with van der Waals surface area (Å²) in [5, 5.41) is 10.5. The molecule has 0 radical (unpaired) electrons. The first-order valence-corrected chi connectivity index (χ1v) is 5.78. The molecule has 0 N–H and O–H groups in total. The highest BCUT2D eigenvalue weighted by Gasteiger charge is 2.09. The summed E-state index contributed by atoms with van der Waals surface area (Å²) >= 11 is 3.27. The molecule has 0 aliphatic rings. The number of nitro benzene ring substituents is 1. The van der Waals surface area contributed by atoms with Crippen molar-refractivity contribution in [2.24, 2.45) is 0 Å². The Morgan fingerprint density at radius 2 is 2.19 bits per heavy atom. The molecule has 86 valence electrons. The number of carbonyl (C=O) groups is 1. The molecule has 0 aliphatic carbocycles. The number of non-ortho nitro benzene ring substituents is 1. The molecule has 5 heteroatoms. The minimum atomic E-state index is -0.439. The van der Waals surface area contributed by atoms with Crippen LogP contribution in [0.1, 0.15) is 25.3 Å². The van der Waals surface area contributed by atoms with Gasteiger partial charge in [-0.25, -0.2) is 0 Å². The largest absolute Gasteiger partial charge is 0.300 e. The van der Waals surface area contributed by atoms with Gasteiger partial charge >= 0.3 is 0 Å². The number of nitro groups is 1. The number of benzene rings is 1. The molecule has 0 saturated heterocycles. The lowest BCUT2D eigenvalue weighted by molar-refractivity contribution is -0.384. The highest BCUT2D eigenvalue weighted by Crippen LogP contribution is 2.24. The lowest BCUT2D eigenvalue weighted by Gasteiger charge is -2.03. The van der Waals surface area contributed by atoms with E-state index >= 15 is 0 Å². The molecule has 1 aromatic rings. The Balaban J connectivity index is 2.75. The van der Waals surface area contributed by atoms with Crippen LogP contribution in [0.15, 0.2) is 22.7 Å². The second kappa shape index (κ2) is 5.75. The van der Waals surface area contributed by atoms with E-state index in [1.165, 1.54) is 12.1 Å². The van der Waals surface area contributed by atoms with Crippen LogP contribution in [-0.2, 0) is 11.2 Å². The maximum atomic E-state index is 11.1. The highest BCUT2D eigenvalue weighted by molar-refractivity contribution is 9.10. The molecule has 0 aromatic heterocycles. The summed E-state index contributed by atoms with van der Waals surface area (Å²) in [5.41, 5.74) is 0.977. The Morgan fingerprint density at radius 3 is 2.69 bits per heavy atom. The average molecular weight is 286 g/mol. The molecule has 1 aromatic carbocycles. The number of ketones is 1. The van der Waals surface area contributed by atoms with Crippen molar-refractivity contribution in [3.05, 3.63) is 38.3 Å². The highest BCUT2D eigenvalue weighted by atomic mass is 79.9. The Labute approximate surface area is 102 Å². The molecule has 4 nitrogen and oxygen atoms in total. The summed E-state index contributed by atoms with van der Waals surface area (Å²) in [6.07, 6.45) is 1.63. The lowest BCUT2D eigenvalue weighted by atomic mass is 10.1. The number of halogens is 1. The molecule has 0 aliphatic heterocycles. The van der Waals surface area contributed by atoms with Crippen molar-refractivity contribution < 1.29 is 9.72 Å². The maximum Gasteiger partial charge on any atom is 0.270 e. The number of hydrogen-bond donors (Lipinski definition) is 0. The van der Waals surface area contributed by atoms with Gasteiger partial charge in [-0.2, -0.15) is 0 Å². The number of carbonyl (C=O) groups excluding carboxylic acids is 1. The Bertz CT molecular complexity index is 418. The molecule has 0 heterocycles. The zero-order valence-corrected chi connectivity index (χ0v) is 10.5. The van der Waals surface area contributed by atoms with Crippen molar-refractivity contribution >= 4 is 27.4 Å². The van der Waals surface area contributed by atoms with Crippen molar-refractivity contribution in [1.82, 2.24) is 0 Å². The van der Waals surface area contributed by atoms with E-state index in [2.05, 4.69) is 15.9 Å². The van der Waals surface area contributed by atoms with Gasteiger partial charge in [0.1, 0.15) is 5.78 Å². The second-order valence-corrected chi connectivity index (χ2v) is 4.28. The molecular formula is C11H12BrNO3. The van der Waals surface area contributed by atoms with Crippen LogP contribution < -0.4 is 0 Å². The van der Waals surface area contributed by atoms with Gasteiger partial charge in [-0.3, -0.25) is 14.9 Å². The van der Waals surface area contributed by atoms with Crippen molar-refractivity contribution in [1.29, 1.82) is 0 Å². The van der Waals surface area contributed by atoms with Crippen molar-refractivity contribution in [3.8, 4) is 0 Å². The van der Waals surface area contributed by atoms with Crippen LogP contribution in [0.4, 0.5) is 5.69 Å². The fourth-order valence-corrected chi connectivity index (χ4v) is 1.87. The summed E-state index contributed by atoms with van der Waals surface area (Å²) in [5.74, 6) is 0.199. The molecule has 0 atom stereocenters. The molecule has 0 amide bonds. The van der Waals surface area contributed by atoms with Gasteiger partial charge in [0.05, 0.1) is 4.92 Å². The third-order valence-electron chi connectivity index (χ3n) is 2.31. The standard InChI is InChI=1S/C11H12BrNO3/c1-2-10(14)6-4-8-3-5-9(13(15)16)7-11(8)12/h3,5,7H,2,4,6H2,1H3. The first kappa shape index (κ1) is 12.8. The van der Waals surface area contributed by atoms with Gasteiger partial charge in [-0.05, 0) is 12.0 Å². The minimum absolute atomic E-state index is 0.0532. The zero-order valence-electron chi connectivity index (χ0n) is 8.90. The van der Waals surface area contributed by atoms with E-state index < -0.39 is 4.92 Å².